The molecule has 2 rings (SSSR count). The molecule has 2 aromatic rings. The lowest BCUT2D eigenvalue weighted by molar-refractivity contribution is 0.0692. The highest BCUT2D eigenvalue weighted by molar-refractivity contribution is 5.93. The molecular weight excluding hydrogens is 312 g/mol. The van der Waals surface area contributed by atoms with E-state index in [-0.39, 0.29) is 16.7 Å². The minimum atomic E-state index is -1.08. The molecule has 3 heteroatoms. The van der Waals surface area contributed by atoms with Crippen molar-refractivity contribution in [2.24, 2.45) is 0 Å². The molecule has 0 aliphatic rings. The Hall–Kier alpha value is -2.29. The Morgan fingerprint density at radius 1 is 1.04 bits per heavy atom. The van der Waals surface area contributed by atoms with E-state index in [2.05, 4.69) is 26.0 Å². The monoisotopic (exact) mass is 340 g/mol. The van der Waals surface area contributed by atoms with Crippen LogP contribution in [0.15, 0.2) is 42.5 Å². The molecule has 0 spiro atoms. The lowest BCUT2D eigenvalue weighted by Gasteiger charge is -2.35. The second-order valence-electron chi connectivity index (χ2n) is 6.72. The summed E-state index contributed by atoms with van der Waals surface area (Å²) in [5.41, 5.74) is 2.07. The van der Waals surface area contributed by atoms with Crippen molar-refractivity contribution in [3.63, 3.8) is 0 Å². The maximum Gasteiger partial charge on any atom is 0.339 e. The van der Waals surface area contributed by atoms with E-state index in [1.54, 1.807) is 6.92 Å². The fourth-order valence-corrected chi connectivity index (χ4v) is 3.79. The fraction of sp³-hybridized carbons (Fsp3) is 0.409. The van der Waals surface area contributed by atoms with Crippen molar-refractivity contribution < 1.29 is 15.0 Å². The summed E-state index contributed by atoms with van der Waals surface area (Å²) >= 11 is 0. The lowest BCUT2D eigenvalue weighted by atomic mass is 9.68. The predicted octanol–water partition coefficient (Wildman–Crippen LogP) is 5.68. The maximum atomic E-state index is 11.6. The Bertz CT molecular complexity index is 722. The van der Waals surface area contributed by atoms with Gasteiger partial charge in [-0.25, -0.2) is 4.79 Å². The van der Waals surface area contributed by atoms with Crippen molar-refractivity contribution in [1.29, 1.82) is 0 Å². The number of carboxylic acid groups (broad SMARTS) is 1. The predicted molar refractivity (Wildman–Crippen MR) is 101 cm³/mol. The summed E-state index contributed by atoms with van der Waals surface area (Å²) in [4.78, 5) is 11.6. The van der Waals surface area contributed by atoms with Crippen molar-refractivity contribution >= 4 is 5.97 Å². The standard InChI is InChI=1S/C22H28O3/c1-4-6-10-15-22(5-2,17-11-8-7-9-12-17)18-14-13-16(3)19(20(18)23)21(24)25/h7-9,11-14,23H,4-6,10,15H2,1-3H3,(H,24,25). The third-order valence-electron chi connectivity index (χ3n) is 5.25. The molecule has 2 aromatic carbocycles. The first-order valence-electron chi connectivity index (χ1n) is 9.09. The number of hydrogen-bond donors (Lipinski definition) is 2. The summed E-state index contributed by atoms with van der Waals surface area (Å²) in [6.07, 6.45) is 4.96. The van der Waals surface area contributed by atoms with E-state index in [0.29, 0.717) is 5.56 Å². The summed E-state index contributed by atoms with van der Waals surface area (Å²) in [5.74, 6) is -1.17. The highest BCUT2D eigenvalue weighted by atomic mass is 16.4. The zero-order chi connectivity index (χ0) is 18.4. The largest absolute Gasteiger partial charge is 0.507 e. The van der Waals surface area contributed by atoms with Crippen LogP contribution in [0.3, 0.4) is 0 Å². The first-order valence-corrected chi connectivity index (χ1v) is 9.09. The van der Waals surface area contributed by atoms with Crippen LogP contribution in [0.1, 0.15) is 73.0 Å². The topological polar surface area (TPSA) is 57.5 Å². The van der Waals surface area contributed by atoms with Gasteiger partial charge in [-0.1, -0.05) is 75.6 Å². The maximum absolute atomic E-state index is 11.6. The van der Waals surface area contributed by atoms with Gasteiger partial charge < -0.3 is 10.2 Å². The normalized spacial score (nSPS) is 13.4. The Morgan fingerprint density at radius 2 is 1.72 bits per heavy atom. The number of unbranched alkanes of at least 4 members (excludes halogenated alkanes) is 2. The molecule has 0 heterocycles. The van der Waals surface area contributed by atoms with Gasteiger partial charge in [-0.15, -0.1) is 0 Å². The van der Waals surface area contributed by atoms with Gasteiger partial charge in [-0.2, -0.15) is 0 Å². The number of benzene rings is 2. The van der Waals surface area contributed by atoms with Gasteiger partial charge in [0.15, 0.2) is 0 Å². The van der Waals surface area contributed by atoms with Crippen LogP contribution >= 0.6 is 0 Å². The molecular formula is C22H28O3. The Balaban J connectivity index is 2.67. The number of aromatic hydroxyl groups is 1. The van der Waals surface area contributed by atoms with Gasteiger partial charge in [0.05, 0.1) is 0 Å². The van der Waals surface area contributed by atoms with Crippen molar-refractivity contribution in [1.82, 2.24) is 0 Å². The minimum Gasteiger partial charge on any atom is -0.507 e. The van der Waals surface area contributed by atoms with E-state index in [0.717, 1.165) is 43.2 Å². The summed E-state index contributed by atoms with van der Waals surface area (Å²) in [6, 6.07) is 13.9. The van der Waals surface area contributed by atoms with E-state index in [1.165, 1.54) is 0 Å². The van der Waals surface area contributed by atoms with Gasteiger partial charge in [-0.05, 0) is 30.9 Å². The van der Waals surface area contributed by atoms with E-state index < -0.39 is 5.97 Å². The number of aromatic carboxylic acids is 1. The van der Waals surface area contributed by atoms with Crippen LogP contribution in [0, 0.1) is 6.92 Å². The summed E-state index contributed by atoms with van der Waals surface area (Å²) in [5, 5.41) is 20.4. The molecule has 1 unspecified atom stereocenters. The molecule has 0 amide bonds. The summed E-state index contributed by atoms with van der Waals surface area (Å²) in [7, 11) is 0. The third kappa shape index (κ3) is 3.71. The molecule has 0 aromatic heterocycles. The number of rotatable bonds is 8. The van der Waals surface area contributed by atoms with Crippen LogP contribution in [-0.4, -0.2) is 16.2 Å². The van der Waals surface area contributed by atoms with Gasteiger partial charge in [0.25, 0.3) is 0 Å². The molecule has 0 saturated carbocycles. The van der Waals surface area contributed by atoms with Crippen LogP contribution in [-0.2, 0) is 5.41 Å². The van der Waals surface area contributed by atoms with Gasteiger partial charge in [0, 0.05) is 11.0 Å². The summed E-state index contributed by atoms with van der Waals surface area (Å²) < 4.78 is 0. The van der Waals surface area contributed by atoms with Gasteiger partial charge >= 0.3 is 5.97 Å². The van der Waals surface area contributed by atoms with Crippen molar-refractivity contribution in [3.05, 3.63) is 64.7 Å². The molecule has 0 aliphatic heterocycles. The molecule has 0 radical (unpaired) electrons. The highest BCUT2D eigenvalue weighted by Crippen LogP contribution is 2.45. The van der Waals surface area contributed by atoms with Gasteiger partial charge in [-0.3, -0.25) is 0 Å². The number of hydrogen-bond acceptors (Lipinski definition) is 2. The van der Waals surface area contributed by atoms with E-state index in [9.17, 15) is 15.0 Å². The molecule has 25 heavy (non-hydrogen) atoms. The molecule has 134 valence electrons. The highest BCUT2D eigenvalue weighted by Gasteiger charge is 2.36. The van der Waals surface area contributed by atoms with E-state index in [1.807, 2.05) is 30.3 Å². The van der Waals surface area contributed by atoms with Crippen molar-refractivity contribution in [2.45, 2.75) is 58.3 Å². The first kappa shape index (κ1) is 19.0. The Labute approximate surface area is 150 Å². The van der Waals surface area contributed by atoms with Crippen LogP contribution < -0.4 is 0 Å². The average Bonchev–Trinajstić information content (AvgIpc) is 2.60. The quantitative estimate of drug-likeness (QED) is 0.608. The molecule has 0 fully saturated rings. The first-order chi connectivity index (χ1) is 12.0. The lowest BCUT2D eigenvalue weighted by Crippen LogP contribution is -2.28. The Kier molecular flexibility index (Phi) is 6.24. The molecule has 0 aliphatic carbocycles. The zero-order valence-corrected chi connectivity index (χ0v) is 15.4. The molecule has 0 bridgehead atoms. The van der Waals surface area contributed by atoms with Gasteiger partial charge in [0.2, 0.25) is 0 Å². The smallest absolute Gasteiger partial charge is 0.339 e. The number of carbonyl (C=O) groups is 1. The minimum absolute atomic E-state index is 0.0155. The second kappa shape index (κ2) is 8.19. The number of phenols is 1. The van der Waals surface area contributed by atoms with Crippen LogP contribution in [0.5, 0.6) is 5.75 Å². The zero-order valence-electron chi connectivity index (χ0n) is 15.4. The number of aryl methyl sites for hydroxylation is 1. The van der Waals surface area contributed by atoms with Crippen molar-refractivity contribution in [2.75, 3.05) is 0 Å². The molecule has 0 saturated heterocycles. The number of carboxylic acids is 1. The van der Waals surface area contributed by atoms with Gasteiger partial charge in [0.1, 0.15) is 11.3 Å². The fourth-order valence-electron chi connectivity index (χ4n) is 3.79. The van der Waals surface area contributed by atoms with E-state index >= 15 is 0 Å². The molecule has 3 nitrogen and oxygen atoms in total. The third-order valence-corrected chi connectivity index (χ3v) is 5.25. The van der Waals surface area contributed by atoms with Crippen LogP contribution in [0.2, 0.25) is 0 Å². The molecule has 2 N–H and O–H groups in total. The average molecular weight is 340 g/mol. The SMILES string of the molecule is CCCCCC(CC)(c1ccccc1)c1ccc(C)c(C(=O)O)c1O. The summed E-state index contributed by atoms with van der Waals surface area (Å²) in [6.45, 7) is 6.00. The van der Waals surface area contributed by atoms with Crippen LogP contribution in [0.25, 0.3) is 0 Å². The van der Waals surface area contributed by atoms with E-state index in [4.69, 9.17) is 0 Å². The molecule has 1 atom stereocenters. The van der Waals surface area contributed by atoms with Crippen LogP contribution in [0.4, 0.5) is 0 Å². The van der Waals surface area contributed by atoms with Crippen molar-refractivity contribution in [3.8, 4) is 5.75 Å². The second-order valence-corrected chi connectivity index (χ2v) is 6.72. The Morgan fingerprint density at radius 3 is 2.28 bits per heavy atom.